The third-order valence-electron chi connectivity index (χ3n) is 3.99. The highest BCUT2D eigenvalue weighted by Crippen LogP contribution is 2.27. The molecular weight excluding hydrogens is 266 g/mol. The van der Waals surface area contributed by atoms with Crippen LogP contribution in [0.2, 0.25) is 0 Å². The molecule has 1 aliphatic heterocycles. The van der Waals surface area contributed by atoms with E-state index in [1.807, 2.05) is 36.9 Å². The fourth-order valence-corrected chi connectivity index (χ4v) is 2.76. The molecule has 5 heteroatoms. The number of nitrogens with zero attached hydrogens (tertiary/aromatic N) is 3. The number of aromatic nitrogens is 2. The summed E-state index contributed by atoms with van der Waals surface area (Å²) in [7, 11) is 0. The molecule has 1 saturated heterocycles. The molecule has 1 aliphatic rings. The van der Waals surface area contributed by atoms with E-state index in [0.717, 1.165) is 29.7 Å². The molecule has 1 amide bonds. The minimum absolute atomic E-state index is 0.0925. The van der Waals surface area contributed by atoms with Crippen LogP contribution in [0.15, 0.2) is 22.7 Å². The third-order valence-corrected chi connectivity index (χ3v) is 3.99. The van der Waals surface area contributed by atoms with Crippen LogP contribution in [0.25, 0.3) is 0 Å². The highest BCUT2D eigenvalue weighted by molar-refractivity contribution is 5.96. The van der Waals surface area contributed by atoms with Gasteiger partial charge >= 0.3 is 0 Å². The van der Waals surface area contributed by atoms with Gasteiger partial charge in [0, 0.05) is 18.7 Å². The van der Waals surface area contributed by atoms with Gasteiger partial charge in [-0.15, -0.1) is 0 Å². The average Bonchev–Trinajstić information content (AvgIpc) is 3.09. The maximum atomic E-state index is 12.7. The Bertz CT molecular complexity index is 678. The average molecular weight is 285 g/mol. The smallest absolute Gasteiger partial charge is 0.254 e. The molecule has 1 aromatic carbocycles. The molecule has 0 bridgehead atoms. The summed E-state index contributed by atoms with van der Waals surface area (Å²) in [4.78, 5) is 18.8. The van der Waals surface area contributed by atoms with Crippen LogP contribution in [0, 0.1) is 20.8 Å². The first-order valence-electron chi connectivity index (χ1n) is 7.21. The summed E-state index contributed by atoms with van der Waals surface area (Å²) in [6, 6.07) is 5.99. The first-order chi connectivity index (χ1) is 10.0. The highest BCUT2D eigenvalue weighted by Gasteiger charge is 2.31. The summed E-state index contributed by atoms with van der Waals surface area (Å²) in [5.74, 6) is 1.53. The zero-order valence-corrected chi connectivity index (χ0v) is 12.6. The van der Waals surface area contributed by atoms with Crippen LogP contribution in [-0.4, -0.2) is 34.0 Å². The number of carbonyl (C=O) groups is 1. The monoisotopic (exact) mass is 285 g/mol. The second kappa shape index (κ2) is 5.31. The van der Waals surface area contributed by atoms with E-state index in [2.05, 4.69) is 10.1 Å². The second-order valence-electron chi connectivity index (χ2n) is 5.73. The number of aryl methyl sites for hydroxylation is 3. The van der Waals surface area contributed by atoms with Gasteiger partial charge in [-0.2, -0.15) is 4.98 Å². The number of likely N-dealkylation sites (tertiary alicyclic amines) is 1. The predicted octanol–water partition coefficient (Wildman–Crippen LogP) is 2.62. The quantitative estimate of drug-likeness (QED) is 0.851. The Labute approximate surface area is 124 Å². The van der Waals surface area contributed by atoms with Crippen molar-refractivity contribution in [1.29, 1.82) is 0 Å². The fraction of sp³-hybridized carbons (Fsp3) is 0.438. The number of carbonyl (C=O) groups excluding carboxylic acids is 1. The zero-order valence-electron chi connectivity index (χ0n) is 12.6. The number of benzene rings is 1. The maximum absolute atomic E-state index is 12.7. The fourth-order valence-electron chi connectivity index (χ4n) is 2.76. The van der Waals surface area contributed by atoms with Gasteiger partial charge in [0.25, 0.3) is 5.91 Å². The molecule has 0 spiro atoms. The minimum atomic E-state index is 0.0925. The Morgan fingerprint density at radius 3 is 2.86 bits per heavy atom. The van der Waals surface area contributed by atoms with Crippen LogP contribution in [0.5, 0.6) is 0 Å². The van der Waals surface area contributed by atoms with Crippen molar-refractivity contribution in [2.75, 3.05) is 13.1 Å². The molecule has 110 valence electrons. The van der Waals surface area contributed by atoms with Crippen molar-refractivity contribution < 1.29 is 9.32 Å². The van der Waals surface area contributed by atoms with E-state index in [1.165, 1.54) is 0 Å². The lowest BCUT2D eigenvalue weighted by Gasteiger charge is -2.17. The summed E-state index contributed by atoms with van der Waals surface area (Å²) in [6.45, 7) is 7.17. The van der Waals surface area contributed by atoms with E-state index in [9.17, 15) is 4.79 Å². The lowest BCUT2D eigenvalue weighted by molar-refractivity contribution is 0.0789. The zero-order chi connectivity index (χ0) is 15.0. The van der Waals surface area contributed by atoms with Gasteiger partial charge in [-0.1, -0.05) is 22.9 Å². The first kappa shape index (κ1) is 13.8. The number of hydrogen-bond acceptors (Lipinski definition) is 4. The number of rotatable bonds is 2. The normalized spacial score (nSPS) is 18.2. The van der Waals surface area contributed by atoms with Crippen LogP contribution in [-0.2, 0) is 0 Å². The van der Waals surface area contributed by atoms with Gasteiger partial charge in [0.15, 0.2) is 5.82 Å². The molecule has 1 fully saturated rings. The summed E-state index contributed by atoms with van der Waals surface area (Å²) >= 11 is 0. The molecule has 2 heterocycles. The van der Waals surface area contributed by atoms with Crippen molar-refractivity contribution in [2.24, 2.45) is 0 Å². The van der Waals surface area contributed by atoms with E-state index in [4.69, 9.17) is 4.52 Å². The summed E-state index contributed by atoms with van der Waals surface area (Å²) < 4.78 is 5.23. The molecule has 0 radical (unpaired) electrons. The number of hydrogen-bond donors (Lipinski definition) is 0. The standard InChI is InChI=1S/C16H19N3O2/c1-10-4-5-11(2)14(8-10)16(20)19-7-6-13(9-19)15-17-12(3)18-21-15/h4-5,8,13H,6-7,9H2,1-3H3. The van der Waals surface area contributed by atoms with Gasteiger partial charge in [0.2, 0.25) is 5.89 Å². The van der Waals surface area contributed by atoms with Crippen LogP contribution >= 0.6 is 0 Å². The molecule has 0 saturated carbocycles. The van der Waals surface area contributed by atoms with E-state index in [-0.39, 0.29) is 11.8 Å². The lowest BCUT2D eigenvalue weighted by atomic mass is 10.0. The highest BCUT2D eigenvalue weighted by atomic mass is 16.5. The SMILES string of the molecule is Cc1ccc(C)c(C(=O)N2CCC(c3nc(C)no3)C2)c1. The summed E-state index contributed by atoms with van der Waals surface area (Å²) in [5.41, 5.74) is 2.91. The van der Waals surface area contributed by atoms with Gasteiger partial charge in [0.05, 0.1) is 5.92 Å². The Morgan fingerprint density at radius 2 is 2.14 bits per heavy atom. The van der Waals surface area contributed by atoms with Gasteiger partial charge in [-0.05, 0) is 38.8 Å². The van der Waals surface area contributed by atoms with Crippen LogP contribution in [0.1, 0.15) is 45.5 Å². The van der Waals surface area contributed by atoms with Crippen molar-refractivity contribution >= 4 is 5.91 Å². The maximum Gasteiger partial charge on any atom is 0.254 e. The topological polar surface area (TPSA) is 59.2 Å². The molecule has 5 nitrogen and oxygen atoms in total. The Morgan fingerprint density at radius 1 is 1.33 bits per heavy atom. The van der Waals surface area contributed by atoms with Crippen LogP contribution < -0.4 is 0 Å². The van der Waals surface area contributed by atoms with Crippen molar-refractivity contribution in [3.05, 3.63) is 46.6 Å². The first-order valence-corrected chi connectivity index (χ1v) is 7.21. The van der Waals surface area contributed by atoms with Gasteiger partial charge in [0.1, 0.15) is 0 Å². The van der Waals surface area contributed by atoms with Crippen molar-refractivity contribution in [3.8, 4) is 0 Å². The van der Waals surface area contributed by atoms with E-state index >= 15 is 0 Å². The minimum Gasteiger partial charge on any atom is -0.339 e. The Balaban J connectivity index is 1.76. The molecule has 1 unspecified atom stereocenters. The van der Waals surface area contributed by atoms with Gasteiger partial charge in [-0.3, -0.25) is 4.79 Å². The summed E-state index contributed by atoms with van der Waals surface area (Å²) in [5, 5.41) is 3.83. The van der Waals surface area contributed by atoms with Crippen molar-refractivity contribution in [3.63, 3.8) is 0 Å². The Hall–Kier alpha value is -2.17. The van der Waals surface area contributed by atoms with Gasteiger partial charge in [-0.25, -0.2) is 0 Å². The molecule has 21 heavy (non-hydrogen) atoms. The molecular formula is C16H19N3O2. The van der Waals surface area contributed by atoms with E-state index < -0.39 is 0 Å². The van der Waals surface area contributed by atoms with E-state index in [0.29, 0.717) is 18.3 Å². The second-order valence-corrected chi connectivity index (χ2v) is 5.73. The molecule has 1 atom stereocenters. The molecule has 3 rings (SSSR count). The lowest BCUT2D eigenvalue weighted by Crippen LogP contribution is -2.29. The van der Waals surface area contributed by atoms with Crippen LogP contribution in [0.3, 0.4) is 0 Å². The molecule has 2 aromatic rings. The molecule has 1 aromatic heterocycles. The predicted molar refractivity (Wildman–Crippen MR) is 78.2 cm³/mol. The number of amides is 1. The van der Waals surface area contributed by atoms with Gasteiger partial charge < -0.3 is 9.42 Å². The summed E-state index contributed by atoms with van der Waals surface area (Å²) in [6.07, 6.45) is 0.873. The van der Waals surface area contributed by atoms with E-state index in [1.54, 1.807) is 6.92 Å². The van der Waals surface area contributed by atoms with Crippen molar-refractivity contribution in [1.82, 2.24) is 15.0 Å². The molecule has 0 aliphatic carbocycles. The van der Waals surface area contributed by atoms with Crippen LogP contribution in [0.4, 0.5) is 0 Å². The molecule has 0 N–H and O–H groups in total. The van der Waals surface area contributed by atoms with Crippen molar-refractivity contribution in [2.45, 2.75) is 33.1 Å². The third kappa shape index (κ3) is 2.68. The Kier molecular flexibility index (Phi) is 3.49. The largest absolute Gasteiger partial charge is 0.339 e.